The average Bonchev–Trinajstić information content (AvgIpc) is 3.98. The molecule has 0 spiro atoms. The molecule has 0 saturated carbocycles. The van der Waals surface area contributed by atoms with Crippen molar-refractivity contribution in [1.82, 2.24) is 0 Å². The Morgan fingerprint density at radius 3 is 1.30 bits per heavy atom. The van der Waals surface area contributed by atoms with E-state index in [1.807, 2.05) is 0 Å². The van der Waals surface area contributed by atoms with Gasteiger partial charge < -0.3 is 34.4 Å². The van der Waals surface area contributed by atoms with Gasteiger partial charge in [0.2, 0.25) is 0 Å². The molecule has 8 aromatic carbocycles. The zero-order valence-electron chi connectivity index (χ0n) is 34.3. The third kappa shape index (κ3) is 11.3. The molecule has 0 bridgehead atoms. The molecule has 2 aliphatic carbocycles. The van der Waals surface area contributed by atoms with E-state index in [1.54, 1.807) is 0 Å². The molecule has 61 heavy (non-hydrogen) atoms. The van der Waals surface area contributed by atoms with Crippen molar-refractivity contribution in [3.05, 3.63) is 190 Å². The molecule has 2 aliphatic rings. The van der Waals surface area contributed by atoms with Gasteiger partial charge in [-0.25, -0.2) is 0 Å². The first kappa shape index (κ1) is 49.2. The van der Waals surface area contributed by atoms with Crippen LogP contribution in [0.15, 0.2) is 157 Å². The van der Waals surface area contributed by atoms with E-state index in [9.17, 15) is 0 Å². The van der Waals surface area contributed by atoms with Crippen molar-refractivity contribution in [3.63, 3.8) is 0 Å². The summed E-state index contributed by atoms with van der Waals surface area (Å²) >= 11 is 16.9. The summed E-state index contributed by atoms with van der Waals surface area (Å²) in [6, 6.07) is 51.8. The second-order valence-electron chi connectivity index (χ2n) is 16.1. The summed E-state index contributed by atoms with van der Waals surface area (Å²) < 4.78 is 0. The van der Waals surface area contributed by atoms with Crippen LogP contribution in [0.25, 0.3) is 55.2 Å². The van der Waals surface area contributed by atoms with Crippen LogP contribution in [0.1, 0.15) is 71.9 Å². The third-order valence-electron chi connectivity index (χ3n) is 11.6. The molecule has 0 fully saturated rings. The van der Waals surface area contributed by atoms with Crippen LogP contribution in [0.2, 0.25) is 18.6 Å². The number of allylic oxidation sites excluding steroid dienone is 2. The van der Waals surface area contributed by atoms with Gasteiger partial charge in [-0.05, 0) is 76.3 Å². The van der Waals surface area contributed by atoms with E-state index in [0.29, 0.717) is 23.9 Å². The molecule has 0 amide bonds. The molecule has 10 rings (SSSR count). The molecule has 0 saturated heterocycles. The molecule has 2 atom stereocenters. The smallest absolute Gasteiger partial charge is 1.00 e. The Balaban J connectivity index is 0.000000178. The van der Waals surface area contributed by atoms with Gasteiger partial charge in [0.05, 0.1) is 0 Å². The maximum Gasteiger partial charge on any atom is 4.00 e. The quantitative estimate of drug-likeness (QED) is 0.0725. The molecular weight excluding hydrogens is 969 g/mol. The van der Waals surface area contributed by atoms with Gasteiger partial charge in [-0.1, -0.05) is 121 Å². The fraction of sp³-hybridized carbons (Fsp3) is 0.176. The van der Waals surface area contributed by atoms with Crippen LogP contribution in [0.4, 0.5) is 0 Å². The predicted molar refractivity (Wildman–Crippen MR) is 256 cm³/mol. The molecule has 310 valence electrons. The van der Waals surface area contributed by atoms with Gasteiger partial charge >= 0.3 is 40.8 Å². The summed E-state index contributed by atoms with van der Waals surface area (Å²) in [5, 5.41) is 10.7. The van der Waals surface area contributed by atoms with Crippen molar-refractivity contribution in [2.75, 3.05) is 0 Å². The molecule has 10 heteroatoms. The summed E-state index contributed by atoms with van der Waals surface area (Å²) in [5.41, 5.74) is 11.4. The van der Waals surface area contributed by atoms with E-state index in [1.165, 1.54) is 94.2 Å². The first-order valence-electron chi connectivity index (χ1n) is 20.0. The number of rotatable bonds is 7. The average molecular weight is 1020 g/mol. The summed E-state index contributed by atoms with van der Waals surface area (Å²) in [6.07, 6.45) is 6.25. The van der Waals surface area contributed by atoms with Crippen LogP contribution in [0.3, 0.4) is 0 Å². The van der Waals surface area contributed by atoms with Crippen LogP contribution in [0, 0.1) is 0 Å². The third-order valence-corrected chi connectivity index (χ3v) is 15.5. The summed E-state index contributed by atoms with van der Waals surface area (Å²) in [7, 11) is -2.87. The van der Waals surface area contributed by atoms with Crippen molar-refractivity contribution in [2.45, 2.75) is 57.2 Å². The molecule has 0 aliphatic heterocycles. The minimum absolute atomic E-state index is 0. The number of hydrogen-bond donors (Lipinski definition) is 2. The van der Waals surface area contributed by atoms with Crippen LogP contribution in [-0.4, -0.2) is 24.2 Å². The standard InChI is InChI=1S/2C23H17.C5H13Cl3O2Si2.2ClH.Zr/c2*1-15-12-22-20-9-5-4-6-16(20)10-11-21(22)23(15)19-13-17-7-2-3-8-18(17)14-19;1-11(9,10)4-2-3-5-12(6,7)8;;;/h2*2-14,23H,1H3;9-10H,2-5H2,1H3;2*1H;/q2*-1;;;;+4/p-2. The first-order chi connectivity index (χ1) is 27.8. The van der Waals surface area contributed by atoms with Crippen molar-refractivity contribution in [3.8, 4) is 0 Å². The number of benzene rings is 6. The summed E-state index contributed by atoms with van der Waals surface area (Å²) in [6.45, 7) is 6.01. The van der Waals surface area contributed by atoms with Crippen molar-refractivity contribution < 1.29 is 60.6 Å². The Labute approximate surface area is 407 Å². The number of unbranched alkanes of at least 4 members (excludes halogenated alkanes) is 1. The second-order valence-corrected chi connectivity index (χ2v) is 28.3. The molecule has 2 nitrogen and oxygen atoms in total. The SMILES string of the molecule is CC1=Cc2c(ccc3ccccc23)C1c1cc2ccccc2[cH-]1.CC1=Cc2c(ccc3ccccc23)C1c1cc2ccccc2[cH-]1.C[Si](O)(O)CCCC[Si](Cl)(Cl)Cl.[Cl-].[Cl-].[Zr+4]. The summed E-state index contributed by atoms with van der Waals surface area (Å²) in [5.74, 6) is 0.781. The molecular formula is C51H47Cl5O2Si2Zr. The monoisotopic (exact) mass is 1010 g/mol. The van der Waals surface area contributed by atoms with Crippen molar-refractivity contribution in [2.24, 2.45) is 0 Å². The van der Waals surface area contributed by atoms with Crippen LogP contribution in [0.5, 0.6) is 0 Å². The van der Waals surface area contributed by atoms with Gasteiger partial charge in [0.15, 0.2) is 0 Å². The molecule has 0 aromatic heterocycles. The fourth-order valence-electron chi connectivity index (χ4n) is 8.92. The van der Waals surface area contributed by atoms with E-state index in [0.717, 1.165) is 12.8 Å². The maximum atomic E-state index is 9.05. The number of halogens is 5. The minimum Gasteiger partial charge on any atom is -1.00 e. The Morgan fingerprint density at radius 1 is 0.525 bits per heavy atom. The normalized spacial score (nSPS) is 15.3. The number of fused-ring (bicyclic) bond motifs is 8. The van der Waals surface area contributed by atoms with Crippen molar-refractivity contribution >= 4 is 103 Å². The largest absolute Gasteiger partial charge is 4.00 e. The van der Waals surface area contributed by atoms with E-state index < -0.39 is 14.6 Å². The van der Waals surface area contributed by atoms with Gasteiger partial charge in [-0.2, -0.15) is 12.1 Å². The zero-order valence-corrected chi connectivity index (χ0v) is 42.5. The molecule has 2 N–H and O–H groups in total. The fourth-order valence-corrected chi connectivity index (χ4v) is 11.7. The topological polar surface area (TPSA) is 40.5 Å². The molecule has 2 unspecified atom stereocenters. The van der Waals surface area contributed by atoms with Crippen LogP contribution >= 0.6 is 33.2 Å². The Bertz CT molecular complexity index is 2570. The van der Waals surface area contributed by atoms with Gasteiger partial charge in [0, 0.05) is 11.8 Å². The first-order valence-corrected chi connectivity index (χ1v) is 27.9. The van der Waals surface area contributed by atoms with Crippen molar-refractivity contribution in [1.29, 1.82) is 0 Å². The second kappa shape index (κ2) is 20.8. The molecule has 0 radical (unpaired) electrons. The van der Waals surface area contributed by atoms with E-state index >= 15 is 0 Å². The summed E-state index contributed by atoms with van der Waals surface area (Å²) in [4.78, 5) is 18.1. The molecule has 8 aromatic rings. The Kier molecular flexibility index (Phi) is 16.8. The Morgan fingerprint density at radius 2 is 0.902 bits per heavy atom. The maximum absolute atomic E-state index is 9.05. The van der Waals surface area contributed by atoms with E-state index in [2.05, 4.69) is 172 Å². The van der Waals surface area contributed by atoms with Crippen LogP contribution in [-0.2, 0) is 26.2 Å². The van der Waals surface area contributed by atoms with Gasteiger partial charge in [-0.15, -0.1) is 114 Å². The van der Waals surface area contributed by atoms with E-state index in [4.69, 9.17) is 42.8 Å². The van der Waals surface area contributed by atoms with Gasteiger partial charge in [0.25, 0.3) is 0 Å². The zero-order chi connectivity index (χ0) is 40.6. The minimum atomic E-state index is -2.87. The van der Waals surface area contributed by atoms with E-state index in [-0.39, 0.29) is 51.0 Å². The molecule has 0 heterocycles. The Hall–Kier alpha value is -2.77. The number of hydrogen-bond acceptors (Lipinski definition) is 2. The van der Waals surface area contributed by atoms with Gasteiger partial charge in [-0.3, -0.25) is 0 Å². The van der Waals surface area contributed by atoms with Crippen LogP contribution < -0.4 is 24.8 Å². The van der Waals surface area contributed by atoms with Gasteiger partial charge in [0.1, 0.15) is 0 Å². The predicted octanol–water partition coefficient (Wildman–Crippen LogP) is 9.01.